The Morgan fingerprint density at radius 2 is 1.75 bits per heavy atom. The molecule has 3 aromatic carbocycles. The van der Waals surface area contributed by atoms with E-state index in [1.807, 2.05) is 35.1 Å². The fourth-order valence-electron chi connectivity index (χ4n) is 4.18. The van der Waals surface area contributed by atoms with Gasteiger partial charge >= 0.3 is 0 Å². The van der Waals surface area contributed by atoms with Gasteiger partial charge in [-0.05, 0) is 52.9 Å². The summed E-state index contributed by atoms with van der Waals surface area (Å²) in [6.45, 7) is 2.06. The molecule has 1 aliphatic rings. The zero-order valence-electron chi connectivity index (χ0n) is 15.7. The average molecular weight is 369 g/mol. The highest BCUT2D eigenvalue weighted by Gasteiger charge is 2.29. The standard InChI is InChI=1S/C23H23N5/c1-2-8-18(9-3-1)23-25-27-28(26-23)22(21-11-6-14-24-16-21)20-13-12-17-7-4-5-10-19(17)15-20/h1-5,7-10,12-13,15,21-22,24H,6,11,14,16H2/t21-,22-/m0/s1. The summed E-state index contributed by atoms with van der Waals surface area (Å²) in [6, 6.07) is 25.3. The average Bonchev–Trinajstić information content (AvgIpc) is 3.25. The summed E-state index contributed by atoms with van der Waals surface area (Å²) in [4.78, 5) is 1.82. The van der Waals surface area contributed by atoms with Crippen molar-refractivity contribution in [3.63, 3.8) is 0 Å². The Hall–Kier alpha value is -3.05. The third-order valence-electron chi connectivity index (χ3n) is 5.61. The van der Waals surface area contributed by atoms with E-state index in [1.165, 1.54) is 22.8 Å². The van der Waals surface area contributed by atoms with Crippen molar-refractivity contribution in [1.82, 2.24) is 25.5 Å². The van der Waals surface area contributed by atoms with Crippen molar-refractivity contribution < 1.29 is 0 Å². The first kappa shape index (κ1) is 17.1. The molecular formula is C23H23N5. The lowest BCUT2D eigenvalue weighted by Crippen LogP contribution is -2.36. The van der Waals surface area contributed by atoms with Crippen LogP contribution in [-0.2, 0) is 0 Å². The highest BCUT2D eigenvalue weighted by atomic mass is 15.6. The van der Waals surface area contributed by atoms with E-state index >= 15 is 0 Å². The van der Waals surface area contributed by atoms with Gasteiger partial charge in [-0.15, -0.1) is 10.2 Å². The Kier molecular flexibility index (Phi) is 4.59. The van der Waals surface area contributed by atoms with E-state index in [0.29, 0.717) is 11.7 Å². The van der Waals surface area contributed by atoms with Crippen LogP contribution < -0.4 is 5.32 Å². The van der Waals surface area contributed by atoms with E-state index < -0.39 is 0 Å². The van der Waals surface area contributed by atoms with E-state index in [4.69, 9.17) is 5.10 Å². The third-order valence-corrected chi connectivity index (χ3v) is 5.61. The summed E-state index contributed by atoms with van der Waals surface area (Å²) in [6.07, 6.45) is 2.34. The van der Waals surface area contributed by atoms with Crippen LogP contribution in [0, 0.1) is 5.92 Å². The number of aromatic nitrogens is 4. The molecule has 0 spiro atoms. The van der Waals surface area contributed by atoms with Crippen molar-refractivity contribution >= 4 is 10.8 Å². The predicted molar refractivity (Wildman–Crippen MR) is 111 cm³/mol. The molecule has 1 saturated heterocycles. The topological polar surface area (TPSA) is 55.6 Å². The van der Waals surface area contributed by atoms with Crippen molar-refractivity contribution in [1.29, 1.82) is 0 Å². The molecule has 5 nitrogen and oxygen atoms in total. The summed E-state index contributed by atoms with van der Waals surface area (Å²) in [7, 11) is 0. The number of nitrogens with one attached hydrogen (secondary N) is 1. The van der Waals surface area contributed by atoms with Crippen LogP contribution in [0.3, 0.4) is 0 Å². The molecule has 4 aromatic rings. The highest BCUT2D eigenvalue weighted by molar-refractivity contribution is 5.83. The second-order valence-corrected chi connectivity index (χ2v) is 7.46. The number of hydrogen-bond donors (Lipinski definition) is 1. The molecule has 0 aliphatic carbocycles. The van der Waals surface area contributed by atoms with Crippen LogP contribution in [0.15, 0.2) is 72.8 Å². The normalized spacial score (nSPS) is 18.2. The van der Waals surface area contributed by atoms with Crippen LogP contribution in [0.1, 0.15) is 24.4 Å². The van der Waals surface area contributed by atoms with Crippen LogP contribution in [0.2, 0.25) is 0 Å². The summed E-state index contributed by atoms with van der Waals surface area (Å²) >= 11 is 0. The van der Waals surface area contributed by atoms with Crippen LogP contribution in [0.25, 0.3) is 22.2 Å². The maximum Gasteiger partial charge on any atom is 0.204 e. The van der Waals surface area contributed by atoms with Gasteiger partial charge in [-0.3, -0.25) is 0 Å². The van der Waals surface area contributed by atoms with Gasteiger partial charge in [-0.2, -0.15) is 4.80 Å². The van der Waals surface area contributed by atoms with E-state index in [9.17, 15) is 0 Å². The molecule has 140 valence electrons. The van der Waals surface area contributed by atoms with Crippen molar-refractivity contribution in [2.24, 2.45) is 5.92 Å². The fourth-order valence-corrected chi connectivity index (χ4v) is 4.18. The number of piperidine rings is 1. The maximum atomic E-state index is 4.78. The van der Waals surface area contributed by atoms with Gasteiger partial charge in [-0.1, -0.05) is 66.7 Å². The Labute approximate surface area is 164 Å². The van der Waals surface area contributed by atoms with Crippen molar-refractivity contribution in [2.75, 3.05) is 13.1 Å². The van der Waals surface area contributed by atoms with E-state index in [-0.39, 0.29) is 6.04 Å². The molecule has 1 aromatic heterocycles. The van der Waals surface area contributed by atoms with Crippen LogP contribution >= 0.6 is 0 Å². The first-order valence-corrected chi connectivity index (χ1v) is 9.93. The molecule has 0 unspecified atom stereocenters. The second kappa shape index (κ2) is 7.52. The fraction of sp³-hybridized carbons (Fsp3) is 0.261. The smallest absolute Gasteiger partial charge is 0.204 e. The number of fused-ring (bicyclic) bond motifs is 1. The molecule has 28 heavy (non-hydrogen) atoms. The first-order chi connectivity index (χ1) is 13.9. The number of rotatable bonds is 4. The molecule has 0 saturated carbocycles. The summed E-state index contributed by atoms with van der Waals surface area (Å²) in [5, 5.41) is 19.6. The molecule has 1 aliphatic heterocycles. The summed E-state index contributed by atoms with van der Waals surface area (Å²) in [5.74, 6) is 1.11. The third kappa shape index (κ3) is 3.29. The van der Waals surface area contributed by atoms with Gasteiger partial charge < -0.3 is 5.32 Å². The van der Waals surface area contributed by atoms with Crippen LogP contribution in [0.4, 0.5) is 0 Å². The minimum absolute atomic E-state index is 0.0716. The van der Waals surface area contributed by atoms with E-state index in [1.54, 1.807) is 0 Å². The van der Waals surface area contributed by atoms with Gasteiger partial charge in [0.25, 0.3) is 0 Å². The van der Waals surface area contributed by atoms with Crippen molar-refractivity contribution in [3.8, 4) is 11.4 Å². The van der Waals surface area contributed by atoms with Crippen molar-refractivity contribution in [2.45, 2.75) is 18.9 Å². The maximum absolute atomic E-state index is 4.78. The van der Waals surface area contributed by atoms with Gasteiger partial charge in [0, 0.05) is 12.1 Å². The Morgan fingerprint density at radius 3 is 2.57 bits per heavy atom. The lowest BCUT2D eigenvalue weighted by atomic mass is 9.87. The number of tetrazole rings is 1. The zero-order valence-corrected chi connectivity index (χ0v) is 15.7. The molecule has 0 radical (unpaired) electrons. The summed E-state index contributed by atoms with van der Waals surface area (Å²) < 4.78 is 0. The van der Waals surface area contributed by atoms with Crippen LogP contribution in [-0.4, -0.2) is 33.3 Å². The van der Waals surface area contributed by atoms with Crippen LogP contribution in [0.5, 0.6) is 0 Å². The lowest BCUT2D eigenvalue weighted by Gasteiger charge is -2.30. The number of benzene rings is 3. The molecule has 1 N–H and O–H groups in total. The molecule has 5 rings (SSSR count). The molecular weight excluding hydrogens is 346 g/mol. The van der Waals surface area contributed by atoms with Gasteiger partial charge in [0.15, 0.2) is 0 Å². The Balaban J connectivity index is 1.57. The highest BCUT2D eigenvalue weighted by Crippen LogP contribution is 2.32. The van der Waals surface area contributed by atoms with Crippen molar-refractivity contribution in [3.05, 3.63) is 78.4 Å². The molecule has 5 heteroatoms. The molecule has 2 atom stereocenters. The van der Waals surface area contributed by atoms with Gasteiger partial charge in [0.2, 0.25) is 5.82 Å². The Morgan fingerprint density at radius 1 is 0.929 bits per heavy atom. The molecule has 0 bridgehead atoms. The first-order valence-electron chi connectivity index (χ1n) is 9.93. The van der Waals surface area contributed by atoms with Gasteiger partial charge in [0.1, 0.15) is 6.04 Å². The molecule has 2 heterocycles. The largest absolute Gasteiger partial charge is 0.316 e. The predicted octanol–water partition coefficient (Wildman–Crippen LogP) is 4.08. The SMILES string of the molecule is c1ccc(-c2nnn([C@@H](c3ccc4ccccc4c3)[C@H]3CCCNC3)n2)cc1. The second-order valence-electron chi connectivity index (χ2n) is 7.46. The van der Waals surface area contributed by atoms with Gasteiger partial charge in [0.05, 0.1) is 0 Å². The van der Waals surface area contributed by atoms with E-state index in [0.717, 1.165) is 25.1 Å². The Bertz CT molecular complexity index is 1070. The molecule has 1 fully saturated rings. The number of hydrogen-bond acceptors (Lipinski definition) is 4. The zero-order chi connectivity index (χ0) is 18.8. The molecule has 0 amide bonds. The minimum Gasteiger partial charge on any atom is -0.316 e. The monoisotopic (exact) mass is 369 g/mol. The minimum atomic E-state index is 0.0716. The van der Waals surface area contributed by atoms with E-state index in [2.05, 4.69) is 58.1 Å². The van der Waals surface area contributed by atoms with Gasteiger partial charge in [-0.25, -0.2) is 0 Å². The lowest BCUT2D eigenvalue weighted by molar-refractivity contribution is 0.261. The quantitative estimate of drug-likeness (QED) is 0.589. The number of nitrogens with zero attached hydrogens (tertiary/aromatic N) is 4. The summed E-state index contributed by atoms with van der Waals surface area (Å²) in [5.41, 5.74) is 2.23.